The number of rotatable bonds is 22. The number of carbonyl (C=O) groups is 3. The molecule has 0 unspecified atom stereocenters. The largest absolute Gasteiger partial charge is 0.394 e. The van der Waals surface area contributed by atoms with Crippen LogP contribution in [0.1, 0.15) is 20.8 Å². The second-order valence-corrected chi connectivity index (χ2v) is 21.8. The molecule has 504 valence electrons. The lowest BCUT2D eigenvalue weighted by atomic mass is 9.94. The fourth-order valence-corrected chi connectivity index (χ4v) is 11.1. The third-order valence-electron chi connectivity index (χ3n) is 15.7. The fraction of sp³-hybridized carbons (Fsp3) is 0.938. The molecule has 7 aliphatic rings. The second kappa shape index (κ2) is 31.1. The number of hydrogen-bond acceptors (Lipinski definition) is 36. The van der Waals surface area contributed by atoms with Crippen molar-refractivity contribution in [2.75, 3.05) is 46.2 Å². The normalized spacial score (nSPS) is 48.9. The molecular weight excluding hydrogens is 1190 g/mol. The Morgan fingerprint density at radius 2 is 0.598 bits per heavy atom. The maximum atomic E-state index is 12.6. The first-order valence-corrected chi connectivity index (χ1v) is 27.6. The molecule has 0 radical (unpaired) electrons. The van der Waals surface area contributed by atoms with Gasteiger partial charge in [-0.1, -0.05) is 0 Å². The zero-order valence-electron chi connectivity index (χ0n) is 46.6. The van der Waals surface area contributed by atoms with Gasteiger partial charge in [0.1, 0.15) is 171 Å². The van der Waals surface area contributed by atoms with Crippen LogP contribution in [-0.2, 0) is 76.0 Å². The van der Waals surface area contributed by atoms with Crippen LogP contribution in [0.5, 0.6) is 0 Å². The minimum Gasteiger partial charge on any atom is -0.394 e. The van der Waals surface area contributed by atoms with E-state index in [2.05, 4.69) is 16.0 Å². The highest BCUT2D eigenvalue weighted by Gasteiger charge is 2.58. The Bertz CT molecular complexity index is 2180. The minimum absolute atomic E-state index is 0.732. The van der Waals surface area contributed by atoms with Crippen LogP contribution < -0.4 is 16.0 Å². The number of aliphatic hydroxyl groups is 20. The first kappa shape index (κ1) is 71.5. The highest BCUT2D eigenvalue weighted by Crippen LogP contribution is 2.37. The molecule has 7 fully saturated rings. The van der Waals surface area contributed by atoms with Crippen molar-refractivity contribution in [3.8, 4) is 0 Å². The summed E-state index contributed by atoms with van der Waals surface area (Å²) in [6, 6.07) is -5.07. The molecule has 7 saturated heterocycles. The third-order valence-corrected chi connectivity index (χ3v) is 15.7. The van der Waals surface area contributed by atoms with Crippen molar-refractivity contribution >= 4 is 17.7 Å². The Morgan fingerprint density at radius 3 is 1.00 bits per heavy atom. The molecule has 7 heterocycles. The number of nitrogens with one attached hydrogen (secondary N) is 3. The predicted molar refractivity (Wildman–Crippen MR) is 267 cm³/mol. The standard InChI is InChI=1S/C48H81N3O36/c1-11(58)49-21-27(64)37(16(6-54)76-42(21)74)83-43-22(50-12(2)59)29(66)39(18(8-56)79-43)86-48-36(73)41(87-47-34(71)31(68)25(62)15(5-53)78-47)26(63)20(82-48)10-75-45-35(72)32(69)40(19(9-57)81-45)84-44-23(51-13(3)60)28(65)38(17(7-55)80-44)85-46-33(70)30(67)24(61)14(4-52)77-46/h14-48,52-57,61-74H,4-10H2,1-3H3,(H,49,58)(H,50,59)(H,51,60)/t14-,15-,16-,17-,18-,19-,20-,21-,22-,23-,24+,25-,26-,27-,28-,29-,30+,31+,32-,33-,34+,35+,36+,37-,38-,39-,40-,41+,42-,43+,44+,45+,46+,47-,48+/m1/s1. The van der Waals surface area contributed by atoms with Gasteiger partial charge in [0.2, 0.25) is 17.7 Å². The van der Waals surface area contributed by atoms with E-state index in [4.69, 9.17) is 61.6 Å². The zero-order valence-corrected chi connectivity index (χ0v) is 46.6. The van der Waals surface area contributed by atoms with Crippen molar-refractivity contribution in [1.29, 1.82) is 0 Å². The lowest BCUT2D eigenvalue weighted by Crippen LogP contribution is -2.70. The predicted octanol–water partition coefficient (Wildman–Crippen LogP) is -15.8. The summed E-state index contributed by atoms with van der Waals surface area (Å²) in [4.78, 5) is 37.1. The van der Waals surface area contributed by atoms with Crippen LogP contribution >= 0.6 is 0 Å². The van der Waals surface area contributed by atoms with E-state index in [9.17, 15) is 117 Å². The van der Waals surface area contributed by atoms with E-state index in [0.29, 0.717) is 0 Å². The average Bonchev–Trinajstić information content (AvgIpc) is 0.915. The van der Waals surface area contributed by atoms with Crippen LogP contribution in [0.4, 0.5) is 0 Å². The van der Waals surface area contributed by atoms with Crippen molar-refractivity contribution < 1.29 is 178 Å². The topological polar surface area (TPSA) is 612 Å². The van der Waals surface area contributed by atoms with Crippen molar-refractivity contribution in [3.05, 3.63) is 0 Å². The summed E-state index contributed by atoms with van der Waals surface area (Å²) < 4.78 is 74.8. The summed E-state index contributed by atoms with van der Waals surface area (Å²) in [5.74, 6) is -2.42. The lowest BCUT2D eigenvalue weighted by molar-refractivity contribution is -0.386. The van der Waals surface area contributed by atoms with Gasteiger partial charge in [-0.2, -0.15) is 0 Å². The maximum absolute atomic E-state index is 12.6. The van der Waals surface area contributed by atoms with Gasteiger partial charge in [0.15, 0.2) is 44.0 Å². The van der Waals surface area contributed by atoms with Gasteiger partial charge >= 0.3 is 0 Å². The monoisotopic (exact) mass is 1280 g/mol. The molecule has 87 heavy (non-hydrogen) atoms. The first-order valence-electron chi connectivity index (χ1n) is 27.6. The number of ether oxygens (including phenoxy) is 13. The number of hydrogen-bond donors (Lipinski definition) is 23. The molecule has 39 nitrogen and oxygen atoms in total. The highest BCUT2D eigenvalue weighted by atomic mass is 16.8. The zero-order chi connectivity index (χ0) is 64.2. The quantitative estimate of drug-likeness (QED) is 0.0479. The van der Waals surface area contributed by atoms with E-state index in [0.717, 1.165) is 20.8 Å². The Morgan fingerprint density at radius 1 is 0.299 bits per heavy atom. The Hall–Kier alpha value is -2.91. The van der Waals surface area contributed by atoms with Gasteiger partial charge in [-0.15, -0.1) is 0 Å². The summed E-state index contributed by atoms with van der Waals surface area (Å²) in [5, 5.41) is 223. The van der Waals surface area contributed by atoms with Gasteiger partial charge in [0.25, 0.3) is 0 Å². The molecule has 0 aromatic carbocycles. The highest BCUT2D eigenvalue weighted by molar-refractivity contribution is 5.74. The molecule has 7 rings (SSSR count). The lowest BCUT2D eigenvalue weighted by Gasteiger charge is -2.50. The summed E-state index contributed by atoms with van der Waals surface area (Å²) in [6.45, 7) is -3.85. The van der Waals surface area contributed by atoms with Crippen LogP contribution in [0.2, 0.25) is 0 Å². The van der Waals surface area contributed by atoms with Gasteiger partial charge in [-0.3, -0.25) is 14.4 Å². The fourth-order valence-electron chi connectivity index (χ4n) is 11.1. The molecule has 0 aromatic heterocycles. The van der Waals surface area contributed by atoms with E-state index in [1.165, 1.54) is 0 Å². The minimum atomic E-state index is -2.31. The maximum Gasteiger partial charge on any atom is 0.217 e. The first-order chi connectivity index (χ1) is 41.1. The number of carbonyl (C=O) groups excluding carboxylic acids is 3. The van der Waals surface area contributed by atoms with Gasteiger partial charge < -0.3 is 180 Å². The van der Waals surface area contributed by atoms with Crippen LogP contribution in [0, 0.1) is 0 Å². The number of amides is 3. The molecule has 7 aliphatic heterocycles. The summed E-state index contributed by atoms with van der Waals surface area (Å²) in [7, 11) is 0. The molecule has 3 amide bonds. The van der Waals surface area contributed by atoms with E-state index in [-0.39, 0.29) is 0 Å². The van der Waals surface area contributed by atoms with E-state index in [1.807, 2.05) is 0 Å². The Balaban J connectivity index is 1.10. The van der Waals surface area contributed by atoms with E-state index < -0.39 is 279 Å². The smallest absolute Gasteiger partial charge is 0.217 e. The van der Waals surface area contributed by atoms with Crippen LogP contribution in [0.3, 0.4) is 0 Å². The summed E-state index contributed by atoms with van der Waals surface area (Å²) in [6.07, 6.45) is -61.9. The summed E-state index contributed by atoms with van der Waals surface area (Å²) in [5.41, 5.74) is 0. The van der Waals surface area contributed by atoms with Crippen LogP contribution in [0.25, 0.3) is 0 Å². The molecule has 23 N–H and O–H groups in total. The van der Waals surface area contributed by atoms with Gasteiger partial charge in [-0.25, -0.2) is 0 Å². The molecule has 0 aromatic rings. The SMILES string of the molecule is CC(=O)N[C@@H]1[C@@H](O)[C@H](O[C@@H]2O[C@H](CO)[C@@H](O[C@@H]3O[C@H](CO[C@H]4O[C@H](CO)[C@@H](O[C@@H]5O[C@H](CO)[C@@H](O[C@@H]6O[C@H](CO)[C@H](O)[C@H](O)[C@H]6O)[C@H](O)[C@H]5NC(C)=O)[C@H](O)[C@@H]4O)[C@@H](O)[C@H](O[C@H]4O[C@H](CO)[C@@H](O)[C@H](O)[C@@H]4O)[C@@H]3O)[C@H](O)[C@H]2NC(C)=O)[C@@H](CO)O[C@H]1O. The van der Waals surface area contributed by atoms with Crippen molar-refractivity contribution in [3.63, 3.8) is 0 Å². The van der Waals surface area contributed by atoms with Crippen molar-refractivity contribution in [2.45, 2.75) is 236 Å². The summed E-state index contributed by atoms with van der Waals surface area (Å²) >= 11 is 0. The average molecular weight is 1280 g/mol. The molecule has 35 atom stereocenters. The van der Waals surface area contributed by atoms with Gasteiger partial charge in [0, 0.05) is 20.8 Å². The molecule has 0 aliphatic carbocycles. The Kier molecular flexibility index (Phi) is 25.6. The Labute approximate surface area is 492 Å². The van der Waals surface area contributed by atoms with Crippen molar-refractivity contribution in [1.82, 2.24) is 16.0 Å². The third kappa shape index (κ3) is 15.8. The van der Waals surface area contributed by atoms with Gasteiger partial charge in [0.05, 0.1) is 46.2 Å². The molecule has 0 saturated carbocycles. The second-order valence-electron chi connectivity index (χ2n) is 21.8. The molecular formula is C48H81N3O36. The van der Waals surface area contributed by atoms with E-state index in [1.54, 1.807) is 0 Å². The molecule has 0 bridgehead atoms. The van der Waals surface area contributed by atoms with E-state index >= 15 is 0 Å². The van der Waals surface area contributed by atoms with Crippen LogP contribution in [0.15, 0.2) is 0 Å². The van der Waals surface area contributed by atoms with Crippen LogP contribution in [-0.4, -0.2) is 381 Å². The molecule has 39 heteroatoms. The van der Waals surface area contributed by atoms with Gasteiger partial charge in [-0.05, 0) is 0 Å². The molecule has 0 spiro atoms. The number of aliphatic hydroxyl groups excluding tert-OH is 20. The van der Waals surface area contributed by atoms with Crippen molar-refractivity contribution in [2.24, 2.45) is 0 Å².